The van der Waals surface area contributed by atoms with E-state index in [1.807, 2.05) is 0 Å². The van der Waals surface area contributed by atoms with Crippen molar-refractivity contribution in [2.24, 2.45) is 0 Å². The van der Waals surface area contributed by atoms with E-state index in [0.717, 1.165) is 5.56 Å². The summed E-state index contributed by atoms with van der Waals surface area (Å²) in [5, 5.41) is -1.88. The molecule has 7 nitrogen and oxygen atoms in total. The predicted molar refractivity (Wildman–Crippen MR) is 121 cm³/mol. The van der Waals surface area contributed by atoms with Gasteiger partial charge in [0.25, 0.3) is 5.06 Å². The summed E-state index contributed by atoms with van der Waals surface area (Å²) in [6.07, 6.45) is 7.21. The lowest BCUT2D eigenvalue weighted by Crippen LogP contribution is -2.33. The number of ketones is 1. The first-order valence-corrected chi connectivity index (χ1v) is 9.59. The van der Waals surface area contributed by atoms with Crippen molar-refractivity contribution in [3.63, 3.8) is 0 Å². The van der Waals surface area contributed by atoms with Crippen molar-refractivity contribution in [3.8, 4) is 29.2 Å². The zero-order valence-electron chi connectivity index (χ0n) is 17.1. The summed E-state index contributed by atoms with van der Waals surface area (Å²) >= 11 is 6.04. The summed E-state index contributed by atoms with van der Waals surface area (Å²) in [5.74, 6) is 2.39. The predicted octanol–water partition coefficient (Wildman–Crippen LogP) is 3.30. The van der Waals surface area contributed by atoms with E-state index in [2.05, 4.69) is 40.2 Å². The lowest BCUT2D eigenvalue weighted by Gasteiger charge is -2.18. The lowest BCUT2D eigenvalue weighted by atomic mass is 9.95. The molecule has 31 heavy (non-hydrogen) atoms. The minimum absolute atomic E-state index is 0.0868. The number of hydrogen-bond acceptors (Lipinski definition) is 7. The van der Waals surface area contributed by atoms with E-state index in [0.29, 0.717) is 17.7 Å². The van der Waals surface area contributed by atoms with Crippen LogP contribution in [0.1, 0.15) is 21.5 Å². The van der Waals surface area contributed by atoms with Gasteiger partial charge in [0.1, 0.15) is 11.6 Å². The standard InChI is InChI=1S/C17H17ClN4O3.C6H4/c1-4-17(18,25-3)14(23)11-5-10(7-13(8-11)24-2)6-12-9-21-16(20)22-15(12)19;1-2-6-4-3-5(1)6/h1,5,7-9H,6H2,2-3H3,(H4,19,20,21,22);1-4H. The molecule has 8 heteroatoms. The maximum atomic E-state index is 12.6. The molecule has 0 amide bonds. The third-order valence-electron chi connectivity index (χ3n) is 4.75. The average Bonchev–Trinajstić information content (AvgIpc) is 2.77. The second-order valence-electron chi connectivity index (χ2n) is 6.74. The lowest BCUT2D eigenvalue weighted by molar-refractivity contribution is 0.0634. The van der Waals surface area contributed by atoms with Gasteiger partial charge in [-0.05, 0) is 40.8 Å². The number of alkyl halides is 1. The highest BCUT2D eigenvalue weighted by atomic mass is 35.5. The van der Waals surface area contributed by atoms with Crippen LogP contribution in [0.25, 0.3) is 11.1 Å². The van der Waals surface area contributed by atoms with Gasteiger partial charge in [-0.3, -0.25) is 4.79 Å². The second-order valence-corrected chi connectivity index (χ2v) is 7.27. The Hall–Kier alpha value is -3.60. The molecule has 4 N–H and O–H groups in total. The molecule has 2 aliphatic carbocycles. The number of fused-ring (bicyclic) bond motifs is 1. The minimum atomic E-state index is -1.88. The zero-order chi connectivity index (χ0) is 22.6. The fourth-order valence-electron chi connectivity index (χ4n) is 2.87. The number of carbonyl (C=O) groups is 1. The first kappa shape index (κ1) is 22.1. The van der Waals surface area contributed by atoms with Gasteiger partial charge in [0.05, 0.1) is 7.11 Å². The number of ether oxygens (including phenoxy) is 2. The Bertz CT molecular complexity index is 1140. The summed E-state index contributed by atoms with van der Waals surface area (Å²) < 4.78 is 10.2. The monoisotopic (exact) mass is 436 g/mol. The number of Topliss-reactive ketones (excluding diaryl/α,β-unsaturated/α-hetero) is 1. The number of nitrogens with two attached hydrogens (primary N) is 2. The third kappa shape index (κ3) is 4.77. The van der Waals surface area contributed by atoms with E-state index in [1.54, 1.807) is 12.1 Å². The number of methoxy groups -OCH3 is 2. The number of hydrogen-bond donors (Lipinski definition) is 2. The van der Waals surface area contributed by atoms with E-state index < -0.39 is 10.8 Å². The van der Waals surface area contributed by atoms with Crippen LogP contribution in [0, 0.1) is 12.3 Å². The van der Waals surface area contributed by atoms with Crippen LogP contribution in [0.3, 0.4) is 0 Å². The summed E-state index contributed by atoms with van der Waals surface area (Å²) in [4.78, 5) is 20.4. The van der Waals surface area contributed by atoms with E-state index in [9.17, 15) is 4.79 Å². The number of nitrogens with zero attached hydrogens (tertiary/aromatic N) is 2. The Morgan fingerprint density at radius 1 is 1.16 bits per heavy atom. The molecule has 0 fully saturated rings. The Balaban J connectivity index is 0.000000381. The molecule has 0 spiro atoms. The van der Waals surface area contributed by atoms with E-state index in [-0.39, 0.29) is 17.3 Å². The first-order chi connectivity index (χ1) is 14.8. The van der Waals surface area contributed by atoms with Crippen molar-refractivity contribution in [1.29, 1.82) is 0 Å². The largest absolute Gasteiger partial charge is 0.497 e. The molecule has 1 heterocycles. The third-order valence-corrected chi connectivity index (χ3v) is 5.19. The van der Waals surface area contributed by atoms with Gasteiger partial charge in [0, 0.05) is 30.9 Å². The van der Waals surface area contributed by atoms with E-state index in [1.165, 1.54) is 37.6 Å². The number of halogens is 1. The molecule has 1 aromatic heterocycles. The molecule has 1 unspecified atom stereocenters. The van der Waals surface area contributed by atoms with Crippen molar-refractivity contribution in [3.05, 3.63) is 65.4 Å². The van der Waals surface area contributed by atoms with Gasteiger partial charge in [0.15, 0.2) is 0 Å². The molecule has 0 aliphatic heterocycles. The molecule has 0 saturated heterocycles. The van der Waals surface area contributed by atoms with Gasteiger partial charge >= 0.3 is 0 Å². The molecule has 0 radical (unpaired) electrons. The fourth-order valence-corrected chi connectivity index (χ4v) is 2.98. The summed E-state index contributed by atoms with van der Waals surface area (Å²) in [7, 11) is 2.75. The van der Waals surface area contributed by atoms with Crippen molar-refractivity contribution < 1.29 is 14.3 Å². The number of nitrogen functional groups attached to an aromatic ring is 2. The van der Waals surface area contributed by atoms with Crippen LogP contribution < -0.4 is 16.2 Å². The number of rotatable bonds is 6. The Kier molecular flexibility index (Phi) is 6.44. The van der Waals surface area contributed by atoms with Crippen LogP contribution in [0.4, 0.5) is 11.8 Å². The molecule has 0 bridgehead atoms. The highest BCUT2D eigenvalue weighted by Gasteiger charge is 2.35. The van der Waals surface area contributed by atoms with Crippen LogP contribution in [0.15, 0.2) is 48.7 Å². The SMILES string of the molecule is C#CC(Cl)(OC)C(=O)c1cc(Cc2cnc(N)nc2N)cc(OC)c1.c1cc2ccc1-2. The number of benzene rings is 2. The zero-order valence-corrected chi connectivity index (χ0v) is 17.8. The van der Waals surface area contributed by atoms with Crippen LogP contribution >= 0.6 is 11.6 Å². The maximum Gasteiger partial charge on any atom is 0.268 e. The molecular weight excluding hydrogens is 416 g/mol. The number of carbonyl (C=O) groups excluding carboxylic acids is 1. The van der Waals surface area contributed by atoms with Gasteiger partial charge < -0.3 is 20.9 Å². The Morgan fingerprint density at radius 2 is 1.81 bits per heavy atom. The molecule has 2 aromatic rings. The van der Waals surface area contributed by atoms with Crippen molar-refractivity contribution >= 4 is 29.2 Å². The molecule has 1 atom stereocenters. The normalized spacial score (nSPS) is 12.6. The Labute approximate surface area is 185 Å². The molecule has 158 valence electrons. The van der Waals surface area contributed by atoms with Crippen LogP contribution in [0.5, 0.6) is 5.75 Å². The van der Waals surface area contributed by atoms with Crippen LogP contribution in [-0.4, -0.2) is 35.0 Å². The van der Waals surface area contributed by atoms with E-state index >= 15 is 0 Å². The van der Waals surface area contributed by atoms with Crippen molar-refractivity contribution in [2.75, 3.05) is 25.7 Å². The highest BCUT2D eigenvalue weighted by Crippen LogP contribution is 2.29. The van der Waals surface area contributed by atoms with E-state index in [4.69, 9.17) is 39.0 Å². The first-order valence-electron chi connectivity index (χ1n) is 9.21. The summed E-state index contributed by atoms with van der Waals surface area (Å²) in [5.41, 5.74) is 15.8. The number of anilines is 2. The van der Waals surface area contributed by atoms with Gasteiger partial charge in [-0.25, -0.2) is 4.98 Å². The van der Waals surface area contributed by atoms with Gasteiger partial charge in [-0.2, -0.15) is 4.98 Å². The molecule has 4 rings (SSSR count). The molecule has 1 aromatic carbocycles. The average molecular weight is 437 g/mol. The van der Waals surface area contributed by atoms with Crippen molar-refractivity contribution in [1.82, 2.24) is 9.97 Å². The quantitative estimate of drug-likeness (QED) is 0.271. The minimum Gasteiger partial charge on any atom is -0.497 e. The summed E-state index contributed by atoms with van der Waals surface area (Å²) in [6.45, 7) is 0. The summed E-state index contributed by atoms with van der Waals surface area (Å²) in [6, 6.07) is 13.4. The molecule has 0 saturated carbocycles. The molecular formula is C23H21ClN4O3. The highest BCUT2D eigenvalue weighted by molar-refractivity contribution is 6.39. The smallest absolute Gasteiger partial charge is 0.268 e. The fraction of sp³-hybridized carbons (Fsp3) is 0.174. The maximum absolute atomic E-state index is 12.6. The van der Waals surface area contributed by atoms with Gasteiger partial charge in [-0.1, -0.05) is 35.9 Å². The van der Waals surface area contributed by atoms with Gasteiger partial charge in [0.2, 0.25) is 11.7 Å². The van der Waals surface area contributed by atoms with Gasteiger partial charge in [-0.15, -0.1) is 6.42 Å². The van der Waals surface area contributed by atoms with Crippen molar-refractivity contribution in [2.45, 2.75) is 11.5 Å². The Morgan fingerprint density at radius 3 is 2.26 bits per heavy atom. The second kappa shape index (κ2) is 9.04. The topological polar surface area (TPSA) is 113 Å². The number of terminal acetylenes is 1. The number of aromatic nitrogens is 2. The van der Waals surface area contributed by atoms with Crippen LogP contribution in [-0.2, 0) is 11.2 Å². The molecule has 2 aliphatic rings. The van der Waals surface area contributed by atoms with Crippen LogP contribution in [0.2, 0.25) is 0 Å².